The fraction of sp³-hybridized carbons (Fsp3) is 0.111. The van der Waals surface area contributed by atoms with E-state index in [1.165, 1.54) is 3.97 Å². The van der Waals surface area contributed by atoms with Crippen LogP contribution in [0.4, 0.5) is 5.82 Å². The molecule has 0 fully saturated rings. The number of rotatable bonds is 2. The Morgan fingerprint density at radius 2 is 2.21 bits per heavy atom. The third-order valence-electron chi connectivity index (χ3n) is 2.46. The van der Waals surface area contributed by atoms with Crippen molar-refractivity contribution in [1.82, 2.24) is 28.9 Å². The minimum atomic E-state index is -0.594. The van der Waals surface area contributed by atoms with E-state index in [4.69, 9.17) is 0 Å². The molecule has 0 unspecified atom stereocenters. The van der Waals surface area contributed by atoms with Crippen molar-refractivity contribution in [3.8, 4) is 11.6 Å². The first-order chi connectivity index (χ1) is 9.08. The summed E-state index contributed by atoms with van der Waals surface area (Å²) in [5.41, 5.74) is 0.353. The fourth-order valence-corrected chi connectivity index (χ4v) is 1.99. The van der Waals surface area contributed by atoms with Crippen molar-refractivity contribution in [2.24, 2.45) is 0 Å². The Morgan fingerprint density at radius 1 is 1.42 bits per heavy atom. The van der Waals surface area contributed by atoms with Crippen LogP contribution in [0.2, 0.25) is 0 Å². The molecule has 0 aliphatic heterocycles. The molecule has 3 rings (SSSR count). The molecule has 0 saturated heterocycles. The van der Waals surface area contributed by atoms with Gasteiger partial charge in [0.2, 0.25) is 11.3 Å². The second-order valence-corrected chi connectivity index (χ2v) is 4.11. The number of fused-ring (bicyclic) bond motifs is 1. The Kier molecular flexibility index (Phi) is 2.45. The predicted octanol–water partition coefficient (Wildman–Crippen LogP) is 1.13. The Balaban J connectivity index is 2.37. The lowest BCUT2D eigenvalue weighted by Crippen LogP contribution is -1.98. The van der Waals surface area contributed by atoms with Crippen molar-refractivity contribution in [1.29, 1.82) is 0 Å². The van der Waals surface area contributed by atoms with E-state index in [0.29, 0.717) is 11.6 Å². The van der Waals surface area contributed by atoms with Gasteiger partial charge in [0.25, 0.3) is 0 Å². The van der Waals surface area contributed by atoms with Crippen molar-refractivity contribution in [2.75, 3.05) is 0 Å². The Labute approximate surface area is 111 Å². The number of H-pyrrole nitrogens is 1. The lowest BCUT2D eigenvalue weighted by atomic mass is 10.5. The molecule has 0 bridgehead atoms. The van der Waals surface area contributed by atoms with Gasteiger partial charge >= 0.3 is 5.82 Å². The average Bonchev–Trinajstić information content (AvgIpc) is 2.97. The van der Waals surface area contributed by atoms with Gasteiger partial charge in [0.1, 0.15) is 0 Å². The Bertz CT molecular complexity index is 780. The van der Waals surface area contributed by atoms with E-state index in [1.807, 2.05) is 0 Å². The van der Waals surface area contributed by atoms with E-state index in [9.17, 15) is 10.1 Å². The van der Waals surface area contributed by atoms with Crippen LogP contribution < -0.4 is 0 Å². The van der Waals surface area contributed by atoms with Crippen LogP contribution >= 0.6 is 12.8 Å². The maximum absolute atomic E-state index is 11.0. The average molecular weight is 277 g/mol. The highest BCUT2D eigenvalue weighted by atomic mass is 32.1. The van der Waals surface area contributed by atoms with Crippen LogP contribution in [-0.4, -0.2) is 33.8 Å². The van der Waals surface area contributed by atoms with Gasteiger partial charge < -0.3 is 15.1 Å². The Morgan fingerprint density at radius 3 is 2.84 bits per heavy atom. The van der Waals surface area contributed by atoms with Crippen LogP contribution in [-0.2, 0) is 0 Å². The SMILES string of the molecule is Cc1nc([N+](=O)[O-])c2nc(-c3ncc[nH]3)n(S)c2n1. The van der Waals surface area contributed by atoms with Gasteiger partial charge in [-0.2, -0.15) is 4.98 Å². The summed E-state index contributed by atoms with van der Waals surface area (Å²) in [6.45, 7) is 1.57. The third kappa shape index (κ3) is 1.73. The van der Waals surface area contributed by atoms with Crippen LogP contribution in [0.5, 0.6) is 0 Å². The van der Waals surface area contributed by atoms with Gasteiger partial charge in [-0.25, -0.2) is 13.9 Å². The molecule has 10 heteroatoms. The molecule has 0 radical (unpaired) electrons. The molecule has 0 aliphatic rings. The summed E-state index contributed by atoms with van der Waals surface area (Å²) in [6, 6.07) is 0. The molecule has 0 aromatic carbocycles. The number of hydrogen-bond acceptors (Lipinski definition) is 7. The van der Waals surface area contributed by atoms with Crippen LogP contribution in [0.15, 0.2) is 12.4 Å². The predicted molar refractivity (Wildman–Crippen MR) is 68.7 cm³/mol. The van der Waals surface area contributed by atoms with E-state index >= 15 is 0 Å². The minimum Gasteiger partial charge on any atom is -0.358 e. The normalized spacial score (nSPS) is 11.1. The third-order valence-corrected chi connectivity index (χ3v) is 2.84. The molecule has 3 aromatic rings. The summed E-state index contributed by atoms with van der Waals surface area (Å²) < 4.78 is 1.34. The van der Waals surface area contributed by atoms with Gasteiger partial charge in [-0.05, 0) is 9.91 Å². The fourth-order valence-electron chi connectivity index (χ4n) is 1.71. The minimum absolute atomic E-state index is 0.0806. The molecular weight excluding hydrogens is 270 g/mol. The molecule has 0 amide bonds. The summed E-state index contributed by atoms with van der Waals surface area (Å²) in [5, 5.41) is 11.0. The number of thiol groups is 1. The maximum Gasteiger partial charge on any atom is 0.395 e. The zero-order valence-electron chi connectivity index (χ0n) is 9.60. The molecule has 0 atom stereocenters. The largest absolute Gasteiger partial charge is 0.395 e. The number of nitro groups is 1. The van der Waals surface area contributed by atoms with Gasteiger partial charge in [0.05, 0.1) is 0 Å². The monoisotopic (exact) mass is 277 g/mol. The van der Waals surface area contributed by atoms with Crippen LogP contribution in [0.25, 0.3) is 22.8 Å². The molecule has 9 nitrogen and oxygen atoms in total. The number of imidazole rings is 2. The molecular formula is C9H7N7O2S. The molecule has 3 aromatic heterocycles. The molecule has 19 heavy (non-hydrogen) atoms. The lowest BCUT2D eigenvalue weighted by Gasteiger charge is -1.96. The maximum atomic E-state index is 11.0. The summed E-state index contributed by atoms with van der Waals surface area (Å²) in [5.74, 6) is 0.717. The molecule has 96 valence electrons. The van der Waals surface area contributed by atoms with Crippen molar-refractivity contribution >= 4 is 29.8 Å². The number of aromatic nitrogens is 6. The highest BCUT2D eigenvalue weighted by molar-refractivity contribution is 7.78. The van der Waals surface area contributed by atoms with Crippen molar-refractivity contribution in [2.45, 2.75) is 6.92 Å². The zero-order valence-corrected chi connectivity index (χ0v) is 10.5. The first-order valence-electron chi connectivity index (χ1n) is 5.18. The van der Waals surface area contributed by atoms with E-state index in [-0.39, 0.29) is 22.8 Å². The molecule has 0 spiro atoms. The Hall–Kier alpha value is -2.49. The standard InChI is InChI=1S/C9H7N7O2S/c1-4-12-7-5(8(13-4)16(17)18)14-9(15(7)19)6-10-2-3-11-6/h2-3,19H,1H3,(H,10,11). The second kappa shape index (κ2) is 4.02. The second-order valence-electron chi connectivity index (χ2n) is 3.71. The highest BCUT2D eigenvalue weighted by Crippen LogP contribution is 2.27. The molecule has 3 heterocycles. The van der Waals surface area contributed by atoms with Gasteiger partial charge in [0, 0.05) is 19.3 Å². The summed E-state index contributed by atoms with van der Waals surface area (Å²) in [6.07, 6.45) is 3.17. The van der Waals surface area contributed by atoms with Crippen LogP contribution in [0.1, 0.15) is 5.82 Å². The lowest BCUT2D eigenvalue weighted by molar-refractivity contribution is -0.387. The summed E-state index contributed by atoms with van der Waals surface area (Å²) in [4.78, 5) is 29.3. The number of hydrogen-bond donors (Lipinski definition) is 2. The van der Waals surface area contributed by atoms with Crippen LogP contribution in [0, 0.1) is 17.0 Å². The number of aromatic amines is 1. The molecule has 0 aliphatic carbocycles. The first-order valence-corrected chi connectivity index (χ1v) is 5.58. The number of nitrogens with one attached hydrogen (secondary N) is 1. The van der Waals surface area contributed by atoms with Gasteiger partial charge in [-0.1, -0.05) is 12.8 Å². The van der Waals surface area contributed by atoms with E-state index in [0.717, 1.165) is 0 Å². The van der Waals surface area contributed by atoms with Crippen molar-refractivity contribution in [3.63, 3.8) is 0 Å². The topological polar surface area (TPSA) is 115 Å². The smallest absolute Gasteiger partial charge is 0.358 e. The summed E-state index contributed by atoms with van der Waals surface area (Å²) >= 11 is 4.25. The first kappa shape index (κ1) is 11.6. The van der Waals surface area contributed by atoms with Gasteiger partial charge in [-0.3, -0.25) is 0 Å². The highest BCUT2D eigenvalue weighted by Gasteiger charge is 2.24. The number of aryl methyl sites for hydroxylation is 1. The molecule has 1 N–H and O–H groups in total. The van der Waals surface area contributed by atoms with E-state index in [1.54, 1.807) is 19.3 Å². The summed E-state index contributed by atoms with van der Waals surface area (Å²) in [7, 11) is 0. The van der Waals surface area contributed by atoms with Gasteiger partial charge in [-0.15, -0.1) is 0 Å². The van der Waals surface area contributed by atoms with Crippen LogP contribution in [0.3, 0.4) is 0 Å². The van der Waals surface area contributed by atoms with Gasteiger partial charge in [0.15, 0.2) is 17.3 Å². The number of nitrogens with zero attached hydrogens (tertiary/aromatic N) is 6. The van der Waals surface area contributed by atoms with E-state index < -0.39 is 4.92 Å². The van der Waals surface area contributed by atoms with Crippen molar-refractivity contribution < 1.29 is 4.92 Å². The quantitative estimate of drug-likeness (QED) is 0.412. The molecule has 0 saturated carbocycles. The zero-order chi connectivity index (χ0) is 13.6. The van der Waals surface area contributed by atoms with E-state index in [2.05, 4.69) is 37.7 Å². The van der Waals surface area contributed by atoms with Crippen molar-refractivity contribution in [3.05, 3.63) is 28.3 Å².